The average molecular weight is 475 g/mol. The number of fused-ring (bicyclic) bond motifs is 2. The Kier molecular flexibility index (Phi) is 7.12. The first-order valence-electron chi connectivity index (χ1n) is 13.6. The minimum atomic E-state index is -1.00. The van der Waals surface area contributed by atoms with Gasteiger partial charge in [-0.2, -0.15) is 0 Å². The van der Waals surface area contributed by atoms with E-state index in [0.29, 0.717) is 24.2 Å². The van der Waals surface area contributed by atoms with Gasteiger partial charge in [0.25, 0.3) is 0 Å². The van der Waals surface area contributed by atoms with Crippen molar-refractivity contribution in [2.45, 2.75) is 123 Å². The van der Waals surface area contributed by atoms with Crippen molar-refractivity contribution in [2.24, 2.45) is 35.0 Å². The van der Waals surface area contributed by atoms with Crippen LogP contribution in [0, 0.1) is 35.0 Å². The molecular weight excluding hydrogens is 428 g/mol. The molecule has 0 spiro atoms. The molecule has 0 amide bonds. The molecule has 0 aromatic carbocycles. The quantitative estimate of drug-likeness (QED) is 0.413. The summed E-state index contributed by atoms with van der Waals surface area (Å²) in [6, 6.07) is 0. The molecule has 4 rings (SSSR count). The summed E-state index contributed by atoms with van der Waals surface area (Å²) in [6.07, 6.45) is 11.7. The lowest BCUT2D eigenvalue weighted by Crippen LogP contribution is -2.47. The number of esters is 1. The molecule has 2 saturated heterocycles. The van der Waals surface area contributed by atoms with E-state index in [2.05, 4.69) is 27.7 Å². The summed E-state index contributed by atoms with van der Waals surface area (Å²) in [5.41, 5.74) is -0.940. The molecule has 0 bridgehead atoms. The van der Waals surface area contributed by atoms with Crippen LogP contribution < -0.4 is 0 Å². The number of aliphatic hydroxyl groups is 1. The van der Waals surface area contributed by atoms with Gasteiger partial charge in [0.15, 0.2) is 5.78 Å². The average Bonchev–Trinajstić information content (AvgIpc) is 3.39. The van der Waals surface area contributed by atoms with Crippen LogP contribution in [0.3, 0.4) is 0 Å². The van der Waals surface area contributed by atoms with Crippen LogP contribution >= 0.6 is 0 Å². The summed E-state index contributed by atoms with van der Waals surface area (Å²) < 4.78 is 11.8. The van der Waals surface area contributed by atoms with Gasteiger partial charge < -0.3 is 14.6 Å². The molecule has 2 aliphatic heterocycles. The molecule has 4 aliphatic rings. The van der Waals surface area contributed by atoms with Crippen molar-refractivity contribution >= 4 is 11.8 Å². The molecule has 5 nitrogen and oxygen atoms in total. The van der Waals surface area contributed by atoms with Crippen LogP contribution in [0.25, 0.3) is 0 Å². The second-order valence-corrected chi connectivity index (χ2v) is 13.1. The maximum absolute atomic E-state index is 12.9. The molecule has 5 heteroatoms. The Morgan fingerprint density at radius 1 is 1.12 bits per heavy atom. The van der Waals surface area contributed by atoms with Crippen molar-refractivity contribution in [2.75, 3.05) is 0 Å². The second kappa shape index (κ2) is 9.35. The van der Waals surface area contributed by atoms with Gasteiger partial charge in [-0.15, -0.1) is 0 Å². The summed E-state index contributed by atoms with van der Waals surface area (Å²) in [6.45, 7) is 12.8. The molecule has 1 N–H and O–H groups in total. The summed E-state index contributed by atoms with van der Waals surface area (Å²) in [5, 5.41) is 11.2. The maximum atomic E-state index is 12.9. The number of cyclic esters (lactones) is 1. The number of hydrogen-bond donors (Lipinski definition) is 1. The Balaban J connectivity index is 1.47. The van der Waals surface area contributed by atoms with Crippen LogP contribution in [0.5, 0.6) is 0 Å². The number of carbonyl (C=O) groups is 2. The van der Waals surface area contributed by atoms with Crippen molar-refractivity contribution in [3.05, 3.63) is 12.2 Å². The first-order valence-corrected chi connectivity index (χ1v) is 13.6. The highest BCUT2D eigenvalue weighted by Crippen LogP contribution is 2.56. The zero-order valence-corrected chi connectivity index (χ0v) is 22.1. The predicted molar refractivity (Wildman–Crippen MR) is 132 cm³/mol. The van der Waals surface area contributed by atoms with Gasteiger partial charge in [-0.1, -0.05) is 40.2 Å². The highest BCUT2D eigenvalue weighted by Gasteiger charge is 2.56. The molecule has 1 saturated carbocycles. The Labute approximate surface area is 206 Å². The minimum Gasteiger partial charge on any atom is -0.459 e. The molecule has 34 heavy (non-hydrogen) atoms. The lowest BCUT2D eigenvalue weighted by atomic mass is 9.54. The van der Waals surface area contributed by atoms with Crippen LogP contribution in [-0.2, 0) is 19.1 Å². The van der Waals surface area contributed by atoms with Gasteiger partial charge >= 0.3 is 5.97 Å². The number of carbonyl (C=O) groups excluding carboxylic acids is 2. The van der Waals surface area contributed by atoms with Crippen molar-refractivity contribution in [3.63, 3.8) is 0 Å². The van der Waals surface area contributed by atoms with Gasteiger partial charge in [-0.05, 0) is 94.5 Å². The van der Waals surface area contributed by atoms with Crippen LogP contribution in [-0.4, -0.2) is 40.3 Å². The molecule has 2 heterocycles. The third-order valence-electron chi connectivity index (χ3n) is 10.0. The topological polar surface area (TPSA) is 76.1 Å². The molecule has 192 valence electrons. The highest BCUT2D eigenvalue weighted by molar-refractivity contribution is 5.91. The number of allylic oxidation sites excluding steroid dienone is 1. The fourth-order valence-corrected chi connectivity index (χ4v) is 7.28. The number of hydrogen-bond acceptors (Lipinski definition) is 5. The van der Waals surface area contributed by atoms with Gasteiger partial charge in [-0.3, -0.25) is 9.59 Å². The van der Waals surface area contributed by atoms with Gasteiger partial charge in [-0.25, -0.2) is 0 Å². The maximum Gasteiger partial charge on any atom is 0.309 e. The third-order valence-corrected chi connectivity index (χ3v) is 10.0. The third kappa shape index (κ3) is 5.16. The lowest BCUT2D eigenvalue weighted by molar-refractivity contribution is -0.178. The Morgan fingerprint density at radius 3 is 2.56 bits per heavy atom. The Hall–Kier alpha value is -1.20. The SMILES string of the molecule is C[C@@H]1CCC([C@](C)(O)CCCC2C3C[C@H]4O[C@]4(C)C/C=C\C(=O)[C@H](C)C3CCC2(C)C)OC1=O. The van der Waals surface area contributed by atoms with Crippen molar-refractivity contribution in [1.82, 2.24) is 0 Å². The number of rotatable bonds is 5. The van der Waals surface area contributed by atoms with Gasteiger partial charge in [0.1, 0.15) is 6.10 Å². The molecule has 4 unspecified atom stereocenters. The van der Waals surface area contributed by atoms with E-state index in [1.54, 1.807) is 6.08 Å². The number of ether oxygens (including phenoxy) is 2. The fraction of sp³-hybridized carbons (Fsp3) is 0.862. The summed E-state index contributed by atoms with van der Waals surface area (Å²) in [5.74, 6) is 1.33. The van der Waals surface area contributed by atoms with E-state index in [4.69, 9.17) is 9.47 Å². The van der Waals surface area contributed by atoms with E-state index in [-0.39, 0.29) is 40.7 Å². The van der Waals surface area contributed by atoms with Crippen LogP contribution in [0.1, 0.15) is 99.3 Å². The van der Waals surface area contributed by atoms with Gasteiger partial charge in [0, 0.05) is 5.92 Å². The molecule has 9 atom stereocenters. The van der Waals surface area contributed by atoms with Crippen LogP contribution in [0.15, 0.2) is 12.2 Å². The summed E-state index contributed by atoms with van der Waals surface area (Å²) in [7, 11) is 0. The fourth-order valence-electron chi connectivity index (χ4n) is 7.28. The normalized spacial score (nSPS) is 44.7. The van der Waals surface area contributed by atoms with E-state index in [0.717, 1.165) is 51.4 Å². The van der Waals surface area contributed by atoms with E-state index < -0.39 is 11.7 Å². The highest BCUT2D eigenvalue weighted by atomic mass is 16.6. The van der Waals surface area contributed by atoms with Crippen molar-refractivity contribution in [1.29, 1.82) is 0 Å². The largest absolute Gasteiger partial charge is 0.459 e. The number of epoxide rings is 1. The first-order chi connectivity index (χ1) is 15.8. The van der Waals surface area contributed by atoms with E-state index in [1.807, 2.05) is 19.9 Å². The molecular formula is C29H46O5. The van der Waals surface area contributed by atoms with Crippen molar-refractivity contribution in [3.8, 4) is 0 Å². The Morgan fingerprint density at radius 2 is 1.85 bits per heavy atom. The van der Waals surface area contributed by atoms with E-state index in [9.17, 15) is 14.7 Å². The lowest BCUT2D eigenvalue weighted by Gasteiger charge is -2.50. The second-order valence-electron chi connectivity index (χ2n) is 13.1. The van der Waals surface area contributed by atoms with Crippen LogP contribution in [0.2, 0.25) is 0 Å². The molecule has 0 aromatic rings. The molecule has 2 aliphatic carbocycles. The monoisotopic (exact) mass is 474 g/mol. The molecule has 0 aromatic heterocycles. The van der Waals surface area contributed by atoms with Crippen molar-refractivity contribution < 1.29 is 24.2 Å². The predicted octanol–water partition coefficient (Wildman–Crippen LogP) is 5.63. The van der Waals surface area contributed by atoms with Gasteiger partial charge in [0.2, 0.25) is 0 Å². The van der Waals surface area contributed by atoms with Crippen LogP contribution in [0.4, 0.5) is 0 Å². The summed E-state index contributed by atoms with van der Waals surface area (Å²) >= 11 is 0. The standard InChI is InChI=1S/C29H46O5/c1-18-11-12-24(33-26(18)31)28(5,32)14-7-9-22-21-17-25-29(6,34-25)15-8-10-23(30)19(2)20(21)13-16-27(22,3)4/h8,10,18-22,24-25,32H,7,9,11-17H2,1-6H3/b10-8-/t18-,19-,20?,21?,22?,24?,25-,28-,29-/m1/s1. The summed E-state index contributed by atoms with van der Waals surface area (Å²) in [4.78, 5) is 25.0. The van der Waals surface area contributed by atoms with E-state index >= 15 is 0 Å². The Bertz CT molecular complexity index is 813. The molecule has 3 fully saturated rings. The minimum absolute atomic E-state index is 0.0368. The van der Waals surface area contributed by atoms with Gasteiger partial charge in [0.05, 0.1) is 23.2 Å². The zero-order valence-electron chi connectivity index (χ0n) is 22.1. The first kappa shape index (κ1) is 25.9. The zero-order chi connectivity index (χ0) is 24.9. The molecule has 0 radical (unpaired) electrons. The number of ketones is 1. The van der Waals surface area contributed by atoms with E-state index in [1.165, 1.54) is 0 Å². The smallest absolute Gasteiger partial charge is 0.309 e.